The molecule has 0 atom stereocenters. The van der Waals surface area contributed by atoms with E-state index in [1.54, 1.807) is 0 Å². The molecule has 0 spiro atoms. The molecule has 4 bridgehead atoms. The number of amides is 1. The lowest BCUT2D eigenvalue weighted by atomic mass is 9.53. The number of hydrogen-bond donors (Lipinski definition) is 1. The number of halogens is 1. The van der Waals surface area contributed by atoms with Gasteiger partial charge in [-0.3, -0.25) is 4.79 Å². The molecule has 3 nitrogen and oxygen atoms in total. The average molecular weight is 334 g/mol. The quantitative estimate of drug-likeness (QED) is 0.900. The molecule has 0 saturated heterocycles. The molecule has 4 aliphatic carbocycles. The van der Waals surface area contributed by atoms with E-state index in [1.165, 1.54) is 19.3 Å². The lowest BCUT2D eigenvalue weighted by molar-refractivity contribution is -0.128. The van der Waals surface area contributed by atoms with Crippen molar-refractivity contribution in [1.29, 1.82) is 0 Å². The highest BCUT2D eigenvalue weighted by Gasteiger charge is 2.51. The molecule has 0 aliphatic heterocycles. The van der Waals surface area contributed by atoms with Gasteiger partial charge in [0.15, 0.2) is 6.61 Å². The zero-order valence-corrected chi connectivity index (χ0v) is 14.4. The Morgan fingerprint density at radius 3 is 2.43 bits per heavy atom. The Morgan fingerprint density at radius 2 is 1.83 bits per heavy atom. The summed E-state index contributed by atoms with van der Waals surface area (Å²) in [6.45, 7) is 2.03. The molecule has 0 radical (unpaired) electrons. The molecule has 4 aliphatic rings. The van der Waals surface area contributed by atoms with Crippen LogP contribution in [0.3, 0.4) is 0 Å². The summed E-state index contributed by atoms with van der Waals surface area (Å²) in [6, 6.07) is 5.62. The predicted molar refractivity (Wildman–Crippen MR) is 90.7 cm³/mol. The van der Waals surface area contributed by atoms with Gasteiger partial charge in [-0.2, -0.15) is 0 Å². The van der Waals surface area contributed by atoms with Gasteiger partial charge >= 0.3 is 0 Å². The number of hydrogen-bond acceptors (Lipinski definition) is 2. The van der Waals surface area contributed by atoms with Crippen LogP contribution in [0, 0.1) is 24.7 Å². The summed E-state index contributed by atoms with van der Waals surface area (Å²) in [5.41, 5.74) is 1.12. The van der Waals surface area contributed by atoms with Crippen LogP contribution >= 0.6 is 11.6 Å². The fourth-order valence-corrected chi connectivity index (χ4v) is 5.63. The minimum Gasteiger partial charge on any atom is -0.482 e. The molecule has 1 aromatic carbocycles. The Balaban J connectivity index is 1.38. The van der Waals surface area contributed by atoms with E-state index in [0.717, 1.165) is 42.6 Å². The molecule has 1 amide bonds. The van der Waals surface area contributed by atoms with Crippen LogP contribution in [-0.4, -0.2) is 18.1 Å². The van der Waals surface area contributed by atoms with E-state index < -0.39 is 0 Å². The standard InChI is InChI=1S/C19H24ClNO2/c1-12-2-3-16(20)17(4-12)23-11-18(22)21-19-8-13-5-14(9-19)7-15(6-13)10-19/h2-4,13-15H,5-11H2,1H3,(H,21,22). The Hall–Kier alpha value is -1.22. The summed E-state index contributed by atoms with van der Waals surface area (Å²) in [5, 5.41) is 3.88. The summed E-state index contributed by atoms with van der Waals surface area (Å²) >= 11 is 6.12. The Kier molecular flexibility index (Phi) is 3.79. The lowest BCUT2D eigenvalue weighted by Gasteiger charge is -2.56. The Bertz CT molecular complexity index is 593. The van der Waals surface area contributed by atoms with E-state index in [2.05, 4.69) is 5.32 Å². The maximum absolute atomic E-state index is 12.4. The maximum Gasteiger partial charge on any atom is 0.258 e. The first-order valence-electron chi connectivity index (χ1n) is 8.71. The summed E-state index contributed by atoms with van der Waals surface area (Å²) in [7, 11) is 0. The fraction of sp³-hybridized carbons (Fsp3) is 0.632. The molecule has 5 rings (SSSR count). The Labute approximate surface area is 142 Å². The summed E-state index contributed by atoms with van der Waals surface area (Å²) in [4.78, 5) is 12.4. The zero-order chi connectivity index (χ0) is 16.0. The lowest BCUT2D eigenvalue weighted by Crippen LogP contribution is -2.60. The molecular formula is C19H24ClNO2. The van der Waals surface area contributed by atoms with Gasteiger partial charge in [-0.25, -0.2) is 0 Å². The topological polar surface area (TPSA) is 38.3 Å². The molecule has 0 heterocycles. The molecule has 23 heavy (non-hydrogen) atoms. The van der Waals surface area contributed by atoms with Crippen molar-refractivity contribution in [2.75, 3.05) is 6.61 Å². The molecule has 0 unspecified atom stereocenters. The van der Waals surface area contributed by atoms with Crippen molar-refractivity contribution in [1.82, 2.24) is 5.32 Å². The SMILES string of the molecule is Cc1ccc(Cl)c(OCC(=O)NC23CC4CC(CC(C4)C2)C3)c1. The molecular weight excluding hydrogens is 310 g/mol. The summed E-state index contributed by atoms with van der Waals surface area (Å²) in [6.07, 6.45) is 7.63. The first kappa shape index (κ1) is 15.3. The number of aryl methyl sites for hydroxylation is 1. The van der Waals surface area contributed by atoms with Gasteiger partial charge in [0.25, 0.3) is 5.91 Å². The number of carbonyl (C=O) groups is 1. The van der Waals surface area contributed by atoms with E-state index in [4.69, 9.17) is 16.3 Å². The summed E-state index contributed by atoms with van der Waals surface area (Å²) < 4.78 is 5.65. The highest BCUT2D eigenvalue weighted by molar-refractivity contribution is 6.32. The van der Waals surface area contributed by atoms with Gasteiger partial charge in [0, 0.05) is 5.54 Å². The van der Waals surface area contributed by atoms with Crippen molar-refractivity contribution in [2.45, 2.75) is 51.0 Å². The molecule has 4 saturated carbocycles. The molecule has 0 aromatic heterocycles. The van der Waals surface area contributed by atoms with Gasteiger partial charge in [0.2, 0.25) is 0 Å². The first-order chi connectivity index (χ1) is 11.0. The second kappa shape index (κ2) is 5.70. The third kappa shape index (κ3) is 3.08. The minimum absolute atomic E-state index is 0.00970. The van der Waals surface area contributed by atoms with Crippen LogP contribution in [0.1, 0.15) is 44.1 Å². The second-order valence-corrected chi connectivity index (χ2v) is 8.38. The first-order valence-corrected chi connectivity index (χ1v) is 9.09. The smallest absolute Gasteiger partial charge is 0.258 e. The third-order valence-corrected chi connectivity index (χ3v) is 6.20. The van der Waals surface area contributed by atoms with Gasteiger partial charge in [-0.05, 0) is 80.9 Å². The van der Waals surface area contributed by atoms with E-state index in [1.807, 2.05) is 25.1 Å². The van der Waals surface area contributed by atoms with Gasteiger partial charge in [-0.15, -0.1) is 0 Å². The maximum atomic E-state index is 12.4. The fourth-order valence-electron chi connectivity index (χ4n) is 5.46. The average Bonchev–Trinajstić information content (AvgIpc) is 2.46. The van der Waals surface area contributed by atoms with Crippen LogP contribution in [0.15, 0.2) is 18.2 Å². The number of rotatable bonds is 4. The van der Waals surface area contributed by atoms with Crippen molar-refractivity contribution in [3.8, 4) is 5.75 Å². The number of ether oxygens (including phenoxy) is 1. The molecule has 1 aromatic rings. The highest BCUT2D eigenvalue weighted by atomic mass is 35.5. The molecule has 124 valence electrons. The molecule has 4 fully saturated rings. The van der Waals surface area contributed by atoms with Crippen molar-refractivity contribution in [3.63, 3.8) is 0 Å². The van der Waals surface area contributed by atoms with Crippen LogP contribution < -0.4 is 10.1 Å². The Morgan fingerprint density at radius 1 is 1.22 bits per heavy atom. The van der Waals surface area contributed by atoms with E-state index in [9.17, 15) is 4.79 Å². The van der Waals surface area contributed by atoms with Crippen LogP contribution in [0.2, 0.25) is 5.02 Å². The van der Waals surface area contributed by atoms with Crippen molar-refractivity contribution in [3.05, 3.63) is 28.8 Å². The highest BCUT2D eigenvalue weighted by Crippen LogP contribution is 2.55. The number of nitrogens with one attached hydrogen (secondary N) is 1. The van der Waals surface area contributed by atoms with Crippen LogP contribution in [0.5, 0.6) is 5.75 Å². The predicted octanol–water partition coefficient (Wildman–Crippen LogP) is 4.11. The van der Waals surface area contributed by atoms with E-state index in [-0.39, 0.29) is 18.1 Å². The van der Waals surface area contributed by atoms with Gasteiger partial charge in [0.1, 0.15) is 5.75 Å². The minimum atomic E-state index is -0.00970. The normalized spacial score (nSPS) is 34.4. The van der Waals surface area contributed by atoms with Crippen molar-refractivity contribution in [2.24, 2.45) is 17.8 Å². The van der Waals surface area contributed by atoms with Crippen LogP contribution in [0.25, 0.3) is 0 Å². The van der Waals surface area contributed by atoms with Crippen molar-refractivity contribution >= 4 is 17.5 Å². The zero-order valence-electron chi connectivity index (χ0n) is 13.6. The van der Waals surface area contributed by atoms with Gasteiger partial charge in [0.05, 0.1) is 5.02 Å². The van der Waals surface area contributed by atoms with Crippen LogP contribution in [0.4, 0.5) is 0 Å². The largest absolute Gasteiger partial charge is 0.482 e. The summed E-state index contributed by atoms with van der Waals surface area (Å²) in [5.74, 6) is 3.06. The number of benzene rings is 1. The second-order valence-electron chi connectivity index (χ2n) is 7.97. The molecule has 1 N–H and O–H groups in total. The number of carbonyl (C=O) groups excluding carboxylic acids is 1. The molecule has 4 heteroatoms. The van der Waals surface area contributed by atoms with E-state index in [0.29, 0.717) is 10.8 Å². The third-order valence-electron chi connectivity index (χ3n) is 5.89. The van der Waals surface area contributed by atoms with Crippen LogP contribution in [-0.2, 0) is 4.79 Å². The van der Waals surface area contributed by atoms with Gasteiger partial charge in [-0.1, -0.05) is 17.7 Å². The van der Waals surface area contributed by atoms with E-state index >= 15 is 0 Å². The monoisotopic (exact) mass is 333 g/mol. The van der Waals surface area contributed by atoms with Gasteiger partial charge < -0.3 is 10.1 Å². The van der Waals surface area contributed by atoms with Crippen molar-refractivity contribution < 1.29 is 9.53 Å².